The molecule has 152 valence electrons. The number of nitrogens with one attached hydrogen (secondary N) is 1. The summed E-state index contributed by atoms with van der Waals surface area (Å²) >= 11 is 1.52. The average Bonchev–Trinajstić information content (AvgIpc) is 3.32. The molecule has 1 N–H and O–H groups in total. The number of aromatic nitrogens is 2. The van der Waals surface area contributed by atoms with Gasteiger partial charge in [-0.2, -0.15) is 0 Å². The summed E-state index contributed by atoms with van der Waals surface area (Å²) in [7, 11) is 3.54. The number of aryl methyl sites for hydroxylation is 3. The lowest BCUT2D eigenvalue weighted by molar-refractivity contribution is 0.0953. The van der Waals surface area contributed by atoms with Crippen molar-refractivity contribution in [3.63, 3.8) is 0 Å². The molecule has 30 heavy (non-hydrogen) atoms. The van der Waals surface area contributed by atoms with Gasteiger partial charge in [0.15, 0.2) is 0 Å². The minimum absolute atomic E-state index is 0.123. The van der Waals surface area contributed by atoms with Crippen molar-refractivity contribution in [2.75, 3.05) is 7.11 Å². The summed E-state index contributed by atoms with van der Waals surface area (Å²) in [6.07, 6.45) is 1.85. The van der Waals surface area contributed by atoms with E-state index in [2.05, 4.69) is 22.4 Å². The van der Waals surface area contributed by atoms with Crippen molar-refractivity contribution in [2.24, 2.45) is 7.05 Å². The van der Waals surface area contributed by atoms with E-state index in [4.69, 9.17) is 4.74 Å². The number of ether oxygens (including phenoxy) is 1. The largest absolute Gasteiger partial charge is 0.497 e. The number of halogens is 1. The lowest BCUT2D eigenvalue weighted by Gasteiger charge is -2.16. The minimum atomic E-state index is -0.321. The highest BCUT2D eigenvalue weighted by atomic mass is 32.1. The molecule has 1 aliphatic rings. The number of fused-ring (bicyclic) bond motifs is 4. The fourth-order valence-corrected chi connectivity index (χ4v) is 5.16. The number of thiophene rings is 1. The van der Waals surface area contributed by atoms with Crippen LogP contribution in [-0.2, 0) is 26.4 Å². The van der Waals surface area contributed by atoms with Crippen molar-refractivity contribution in [2.45, 2.75) is 19.4 Å². The third-order valence-electron chi connectivity index (χ3n) is 5.60. The fourth-order valence-electron chi connectivity index (χ4n) is 3.98. The predicted molar refractivity (Wildman–Crippen MR) is 116 cm³/mol. The van der Waals surface area contributed by atoms with Crippen LogP contribution in [0.1, 0.15) is 26.6 Å². The lowest BCUT2D eigenvalue weighted by atomic mass is 9.91. The summed E-state index contributed by atoms with van der Waals surface area (Å²) in [5.74, 6) is 1.10. The van der Waals surface area contributed by atoms with Gasteiger partial charge in [0, 0.05) is 18.0 Å². The van der Waals surface area contributed by atoms with Crippen LogP contribution in [0.25, 0.3) is 21.5 Å². The Morgan fingerprint density at radius 1 is 1.20 bits per heavy atom. The molecular formula is C23H20FN3O2S. The van der Waals surface area contributed by atoms with E-state index in [0.717, 1.165) is 29.0 Å². The zero-order valence-electron chi connectivity index (χ0n) is 16.7. The summed E-state index contributed by atoms with van der Waals surface area (Å²) in [5.41, 5.74) is 5.06. The SMILES string of the molecule is COc1ccc2c(c1)CCc1cc(C(=O)NCc3nc4cc(F)ccc4n3C)sc1-2. The van der Waals surface area contributed by atoms with Gasteiger partial charge in [0.25, 0.3) is 5.91 Å². The molecule has 2 heterocycles. The van der Waals surface area contributed by atoms with E-state index in [1.807, 2.05) is 23.7 Å². The van der Waals surface area contributed by atoms with E-state index in [0.29, 0.717) is 16.2 Å². The van der Waals surface area contributed by atoms with Crippen molar-refractivity contribution >= 4 is 28.3 Å². The van der Waals surface area contributed by atoms with Crippen molar-refractivity contribution in [3.05, 3.63) is 70.1 Å². The number of methoxy groups -OCH3 is 1. The molecule has 0 unspecified atom stereocenters. The lowest BCUT2D eigenvalue weighted by Crippen LogP contribution is -2.23. The van der Waals surface area contributed by atoms with Crippen LogP contribution in [0.5, 0.6) is 5.75 Å². The monoisotopic (exact) mass is 421 g/mol. The van der Waals surface area contributed by atoms with Crippen LogP contribution in [0.4, 0.5) is 4.39 Å². The maximum Gasteiger partial charge on any atom is 0.261 e. The van der Waals surface area contributed by atoms with E-state index in [1.165, 1.54) is 40.2 Å². The number of hydrogen-bond acceptors (Lipinski definition) is 4. The van der Waals surface area contributed by atoms with Gasteiger partial charge in [-0.25, -0.2) is 9.37 Å². The first kappa shape index (κ1) is 18.8. The predicted octanol–water partition coefficient (Wildman–Crippen LogP) is 4.48. The molecule has 0 bridgehead atoms. The summed E-state index contributed by atoms with van der Waals surface area (Å²) in [4.78, 5) is 19.1. The maximum absolute atomic E-state index is 13.4. The molecule has 0 saturated carbocycles. The van der Waals surface area contributed by atoms with Crippen molar-refractivity contribution in [3.8, 4) is 16.2 Å². The molecule has 5 nitrogen and oxygen atoms in total. The summed E-state index contributed by atoms with van der Waals surface area (Å²) in [5, 5.41) is 2.96. The topological polar surface area (TPSA) is 56.1 Å². The number of imidazole rings is 1. The van der Waals surface area contributed by atoms with Gasteiger partial charge >= 0.3 is 0 Å². The highest BCUT2D eigenvalue weighted by Gasteiger charge is 2.22. The van der Waals surface area contributed by atoms with Crippen LogP contribution in [0.15, 0.2) is 42.5 Å². The van der Waals surface area contributed by atoms with Gasteiger partial charge < -0.3 is 14.6 Å². The second-order valence-corrected chi connectivity index (χ2v) is 8.44. The Balaban J connectivity index is 1.37. The van der Waals surface area contributed by atoms with Gasteiger partial charge in [0.1, 0.15) is 17.4 Å². The number of carbonyl (C=O) groups excluding carboxylic acids is 1. The zero-order chi connectivity index (χ0) is 20.8. The third kappa shape index (κ3) is 3.15. The van der Waals surface area contributed by atoms with Gasteiger partial charge in [-0.05, 0) is 65.9 Å². The van der Waals surface area contributed by atoms with Crippen molar-refractivity contribution in [1.29, 1.82) is 0 Å². The van der Waals surface area contributed by atoms with Crippen LogP contribution in [0.2, 0.25) is 0 Å². The first-order valence-corrected chi connectivity index (χ1v) is 10.5. The summed E-state index contributed by atoms with van der Waals surface area (Å²) < 4.78 is 20.7. The van der Waals surface area contributed by atoms with E-state index in [1.54, 1.807) is 13.2 Å². The second kappa shape index (κ2) is 7.25. The second-order valence-electron chi connectivity index (χ2n) is 7.39. The Kier molecular flexibility index (Phi) is 4.55. The molecule has 7 heteroatoms. The number of rotatable bonds is 4. The quantitative estimate of drug-likeness (QED) is 0.529. The zero-order valence-corrected chi connectivity index (χ0v) is 17.5. The highest BCUT2D eigenvalue weighted by molar-refractivity contribution is 7.17. The van der Waals surface area contributed by atoms with E-state index >= 15 is 0 Å². The molecule has 0 saturated heterocycles. The molecule has 4 aromatic rings. The highest BCUT2D eigenvalue weighted by Crippen LogP contribution is 2.40. The number of benzene rings is 2. The van der Waals surface area contributed by atoms with Crippen LogP contribution in [0.3, 0.4) is 0 Å². The standard InChI is InChI=1S/C23H20FN3O2S/c1-27-19-8-5-15(24)11-18(19)26-21(27)12-25-23(28)20-10-14-4-3-13-9-16(29-2)6-7-17(13)22(14)30-20/h5-11H,3-4,12H2,1-2H3,(H,25,28). The Hall–Kier alpha value is -3.19. The third-order valence-corrected chi connectivity index (χ3v) is 6.81. The smallest absolute Gasteiger partial charge is 0.261 e. The van der Waals surface area contributed by atoms with Gasteiger partial charge in [-0.15, -0.1) is 11.3 Å². The van der Waals surface area contributed by atoms with Crippen LogP contribution in [-0.4, -0.2) is 22.6 Å². The Bertz CT molecular complexity index is 1290. The molecule has 0 aliphatic heterocycles. The molecule has 1 amide bonds. The number of amides is 1. The Morgan fingerprint density at radius 2 is 2.03 bits per heavy atom. The average molecular weight is 421 g/mol. The molecule has 0 atom stereocenters. The summed E-state index contributed by atoms with van der Waals surface area (Å²) in [6, 6.07) is 12.6. The maximum atomic E-state index is 13.4. The molecule has 2 aromatic carbocycles. The molecule has 0 radical (unpaired) electrons. The molecule has 1 aliphatic carbocycles. The van der Waals surface area contributed by atoms with Gasteiger partial charge in [-0.1, -0.05) is 0 Å². The fraction of sp³-hybridized carbons (Fsp3) is 0.217. The molecule has 0 spiro atoms. The van der Waals surface area contributed by atoms with Crippen molar-refractivity contribution < 1.29 is 13.9 Å². The Labute approximate surface area is 177 Å². The minimum Gasteiger partial charge on any atom is -0.497 e. The number of carbonyl (C=O) groups is 1. The first-order chi connectivity index (χ1) is 14.5. The summed E-state index contributed by atoms with van der Waals surface area (Å²) in [6.45, 7) is 0.280. The van der Waals surface area contributed by atoms with Crippen LogP contribution < -0.4 is 10.1 Å². The van der Waals surface area contributed by atoms with Gasteiger partial charge in [-0.3, -0.25) is 4.79 Å². The number of nitrogens with zero attached hydrogens (tertiary/aromatic N) is 2. The normalized spacial score (nSPS) is 12.5. The Morgan fingerprint density at radius 3 is 2.87 bits per heavy atom. The molecule has 5 rings (SSSR count). The molecule has 2 aromatic heterocycles. The van der Waals surface area contributed by atoms with Crippen molar-refractivity contribution in [1.82, 2.24) is 14.9 Å². The molecular weight excluding hydrogens is 401 g/mol. The first-order valence-electron chi connectivity index (χ1n) is 9.72. The van der Waals surface area contributed by atoms with Crippen LogP contribution >= 0.6 is 11.3 Å². The van der Waals surface area contributed by atoms with Crippen LogP contribution in [0, 0.1) is 5.82 Å². The van der Waals surface area contributed by atoms with E-state index < -0.39 is 0 Å². The van der Waals surface area contributed by atoms with Gasteiger partial charge in [0.2, 0.25) is 0 Å². The van der Waals surface area contributed by atoms with Gasteiger partial charge in [0.05, 0.1) is 29.6 Å². The number of hydrogen-bond donors (Lipinski definition) is 1. The van der Waals surface area contributed by atoms with E-state index in [-0.39, 0.29) is 18.3 Å². The molecule has 0 fully saturated rings. The van der Waals surface area contributed by atoms with E-state index in [9.17, 15) is 9.18 Å².